The Balaban J connectivity index is 2.44. The summed E-state index contributed by atoms with van der Waals surface area (Å²) in [5.41, 5.74) is 0. The van der Waals surface area contributed by atoms with Crippen LogP contribution in [-0.2, 0) is 9.59 Å². The zero-order valence-electron chi connectivity index (χ0n) is 10.8. The number of carboxylic acid groups (broad SMARTS) is 1. The van der Waals surface area contributed by atoms with E-state index in [9.17, 15) is 9.59 Å². The number of carbonyl (C=O) groups excluding carboxylic acids is 1. The third kappa shape index (κ3) is 4.85. The van der Waals surface area contributed by atoms with E-state index in [2.05, 4.69) is 11.5 Å². The standard InChI is InChI=1S/C12H21N3O3/c1-3-4-14(10-12(17)18)9-11(16)15-7-5-13(2)6-8-15/h3H,1,4-10H2,2H3,(H,17,18). The van der Waals surface area contributed by atoms with E-state index in [4.69, 9.17) is 5.11 Å². The molecule has 1 rings (SSSR count). The van der Waals surface area contributed by atoms with E-state index < -0.39 is 5.97 Å². The molecular weight excluding hydrogens is 234 g/mol. The minimum atomic E-state index is -0.928. The molecule has 1 N–H and O–H groups in total. The summed E-state index contributed by atoms with van der Waals surface area (Å²) in [6, 6.07) is 0. The first-order valence-electron chi connectivity index (χ1n) is 6.04. The number of aliphatic carboxylic acids is 1. The molecule has 0 spiro atoms. The van der Waals surface area contributed by atoms with Crippen molar-refractivity contribution in [1.29, 1.82) is 0 Å². The summed E-state index contributed by atoms with van der Waals surface area (Å²) in [5, 5.41) is 8.76. The first-order valence-corrected chi connectivity index (χ1v) is 6.04. The average Bonchev–Trinajstić information content (AvgIpc) is 2.29. The molecule has 18 heavy (non-hydrogen) atoms. The van der Waals surface area contributed by atoms with Crippen molar-refractivity contribution in [2.75, 3.05) is 52.9 Å². The highest BCUT2D eigenvalue weighted by molar-refractivity contribution is 5.79. The molecule has 0 atom stereocenters. The monoisotopic (exact) mass is 255 g/mol. The summed E-state index contributed by atoms with van der Waals surface area (Å²) in [6.07, 6.45) is 1.61. The van der Waals surface area contributed by atoms with Crippen LogP contribution in [0, 0.1) is 0 Å². The molecule has 1 saturated heterocycles. The number of amides is 1. The summed E-state index contributed by atoms with van der Waals surface area (Å²) in [7, 11) is 2.02. The molecule has 0 aromatic heterocycles. The number of hydrogen-bond acceptors (Lipinski definition) is 4. The largest absolute Gasteiger partial charge is 0.480 e. The summed E-state index contributed by atoms with van der Waals surface area (Å²) in [4.78, 5) is 28.2. The number of carbonyl (C=O) groups is 2. The van der Waals surface area contributed by atoms with E-state index in [1.807, 2.05) is 7.05 Å². The molecule has 6 nitrogen and oxygen atoms in total. The summed E-state index contributed by atoms with van der Waals surface area (Å²) in [5.74, 6) is -0.936. The van der Waals surface area contributed by atoms with Gasteiger partial charge in [0.15, 0.2) is 0 Å². The molecule has 0 unspecified atom stereocenters. The van der Waals surface area contributed by atoms with Gasteiger partial charge in [-0.05, 0) is 7.05 Å². The predicted octanol–water partition coefficient (Wildman–Crippen LogP) is -0.667. The molecule has 0 aromatic carbocycles. The van der Waals surface area contributed by atoms with E-state index in [1.54, 1.807) is 15.9 Å². The normalized spacial score (nSPS) is 16.9. The van der Waals surface area contributed by atoms with Crippen LogP contribution in [-0.4, -0.2) is 84.5 Å². The fourth-order valence-electron chi connectivity index (χ4n) is 1.91. The molecule has 1 aliphatic rings. The van der Waals surface area contributed by atoms with E-state index in [0.717, 1.165) is 13.1 Å². The number of nitrogens with zero attached hydrogens (tertiary/aromatic N) is 3. The Morgan fingerprint density at radius 1 is 1.28 bits per heavy atom. The number of likely N-dealkylation sites (N-methyl/N-ethyl adjacent to an activating group) is 1. The van der Waals surface area contributed by atoms with Gasteiger partial charge in [0, 0.05) is 32.7 Å². The molecule has 0 aliphatic carbocycles. The molecule has 0 radical (unpaired) electrons. The molecule has 0 bridgehead atoms. The highest BCUT2D eigenvalue weighted by Crippen LogP contribution is 2.01. The first-order chi connectivity index (χ1) is 8.52. The molecule has 6 heteroatoms. The molecule has 1 aliphatic heterocycles. The Bertz CT molecular complexity index is 312. The molecule has 0 saturated carbocycles. The van der Waals surface area contributed by atoms with E-state index >= 15 is 0 Å². The van der Waals surface area contributed by atoms with Gasteiger partial charge in [-0.15, -0.1) is 6.58 Å². The van der Waals surface area contributed by atoms with Crippen LogP contribution < -0.4 is 0 Å². The summed E-state index contributed by atoms with van der Waals surface area (Å²) >= 11 is 0. The van der Waals surface area contributed by atoms with Crippen molar-refractivity contribution in [1.82, 2.24) is 14.7 Å². The molecule has 1 amide bonds. The highest BCUT2D eigenvalue weighted by Gasteiger charge is 2.21. The number of carboxylic acids is 1. The Labute approximate surface area is 107 Å². The molecule has 1 fully saturated rings. The lowest BCUT2D eigenvalue weighted by Crippen LogP contribution is -2.50. The van der Waals surface area contributed by atoms with Crippen LogP contribution in [0.1, 0.15) is 0 Å². The molecule has 102 valence electrons. The Hall–Kier alpha value is -1.40. The smallest absolute Gasteiger partial charge is 0.317 e. The van der Waals surface area contributed by atoms with Crippen molar-refractivity contribution >= 4 is 11.9 Å². The van der Waals surface area contributed by atoms with Crippen molar-refractivity contribution in [3.05, 3.63) is 12.7 Å². The maximum atomic E-state index is 12.0. The molecular formula is C12H21N3O3. The van der Waals surface area contributed by atoms with Crippen LogP contribution >= 0.6 is 0 Å². The second-order valence-corrected chi connectivity index (χ2v) is 4.54. The zero-order valence-corrected chi connectivity index (χ0v) is 10.8. The SMILES string of the molecule is C=CCN(CC(=O)O)CC(=O)N1CCN(C)CC1. The molecule has 0 aromatic rings. The predicted molar refractivity (Wildman–Crippen MR) is 68.3 cm³/mol. The van der Waals surface area contributed by atoms with Crippen molar-refractivity contribution in [2.24, 2.45) is 0 Å². The van der Waals surface area contributed by atoms with E-state index in [-0.39, 0.29) is 19.0 Å². The maximum Gasteiger partial charge on any atom is 0.317 e. The van der Waals surface area contributed by atoms with Gasteiger partial charge in [-0.1, -0.05) is 6.08 Å². The van der Waals surface area contributed by atoms with Crippen molar-refractivity contribution in [3.8, 4) is 0 Å². The van der Waals surface area contributed by atoms with Crippen LogP contribution in [0.4, 0.5) is 0 Å². The lowest BCUT2D eigenvalue weighted by atomic mass is 10.3. The average molecular weight is 255 g/mol. The second kappa shape index (κ2) is 7.13. The fraction of sp³-hybridized carbons (Fsp3) is 0.667. The van der Waals surface area contributed by atoms with Crippen LogP contribution in [0.15, 0.2) is 12.7 Å². The second-order valence-electron chi connectivity index (χ2n) is 4.54. The van der Waals surface area contributed by atoms with Crippen LogP contribution in [0.5, 0.6) is 0 Å². The van der Waals surface area contributed by atoms with E-state index in [0.29, 0.717) is 19.6 Å². The van der Waals surface area contributed by atoms with Gasteiger partial charge >= 0.3 is 5.97 Å². The summed E-state index contributed by atoms with van der Waals surface area (Å²) < 4.78 is 0. The van der Waals surface area contributed by atoms with Gasteiger partial charge < -0.3 is 14.9 Å². The van der Waals surface area contributed by atoms with Gasteiger partial charge in [0.25, 0.3) is 0 Å². The zero-order chi connectivity index (χ0) is 13.5. The minimum Gasteiger partial charge on any atom is -0.480 e. The number of rotatable bonds is 6. The maximum absolute atomic E-state index is 12.0. The van der Waals surface area contributed by atoms with Gasteiger partial charge in [0.05, 0.1) is 13.1 Å². The Morgan fingerprint density at radius 3 is 2.39 bits per heavy atom. The Kier molecular flexibility index (Phi) is 5.80. The van der Waals surface area contributed by atoms with Crippen LogP contribution in [0.25, 0.3) is 0 Å². The third-order valence-corrected chi connectivity index (χ3v) is 2.96. The first kappa shape index (κ1) is 14.7. The Morgan fingerprint density at radius 2 is 1.89 bits per heavy atom. The van der Waals surface area contributed by atoms with Crippen LogP contribution in [0.2, 0.25) is 0 Å². The minimum absolute atomic E-state index is 0.00815. The van der Waals surface area contributed by atoms with Gasteiger partial charge in [-0.2, -0.15) is 0 Å². The topological polar surface area (TPSA) is 64.1 Å². The van der Waals surface area contributed by atoms with E-state index in [1.165, 1.54) is 0 Å². The third-order valence-electron chi connectivity index (χ3n) is 2.96. The van der Waals surface area contributed by atoms with Gasteiger partial charge in [-0.25, -0.2) is 0 Å². The molecule has 1 heterocycles. The lowest BCUT2D eigenvalue weighted by molar-refractivity contribution is -0.139. The van der Waals surface area contributed by atoms with Gasteiger partial charge in [-0.3, -0.25) is 14.5 Å². The van der Waals surface area contributed by atoms with Crippen molar-refractivity contribution in [3.63, 3.8) is 0 Å². The summed E-state index contributed by atoms with van der Waals surface area (Å²) in [6.45, 7) is 7.15. The van der Waals surface area contributed by atoms with Gasteiger partial charge in [0.1, 0.15) is 0 Å². The highest BCUT2D eigenvalue weighted by atomic mass is 16.4. The fourth-order valence-corrected chi connectivity index (χ4v) is 1.91. The number of hydrogen-bond donors (Lipinski definition) is 1. The van der Waals surface area contributed by atoms with Gasteiger partial charge in [0.2, 0.25) is 5.91 Å². The van der Waals surface area contributed by atoms with Crippen LogP contribution in [0.3, 0.4) is 0 Å². The lowest BCUT2D eigenvalue weighted by Gasteiger charge is -2.33. The van der Waals surface area contributed by atoms with Crippen molar-refractivity contribution in [2.45, 2.75) is 0 Å². The quantitative estimate of drug-likeness (QED) is 0.638. The number of piperazine rings is 1. The van der Waals surface area contributed by atoms with Crippen molar-refractivity contribution < 1.29 is 14.7 Å².